The van der Waals surface area contributed by atoms with Crippen molar-refractivity contribution in [2.75, 3.05) is 0 Å². The minimum Gasteiger partial charge on any atom is -0.0654 e. The van der Waals surface area contributed by atoms with Crippen molar-refractivity contribution in [2.45, 2.75) is 97.8 Å². The van der Waals surface area contributed by atoms with Crippen LogP contribution in [0.3, 0.4) is 0 Å². The monoisotopic (exact) mass is 253 g/mol. The van der Waals surface area contributed by atoms with E-state index < -0.39 is 0 Å². The van der Waals surface area contributed by atoms with Crippen molar-refractivity contribution in [1.82, 2.24) is 0 Å². The smallest absolute Gasteiger partial charge is 0.0414 e. The van der Waals surface area contributed by atoms with Gasteiger partial charge >= 0.3 is 0 Å². The molecule has 0 fully saturated rings. The van der Waals surface area contributed by atoms with Crippen molar-refractivity contribution < 1.29 is 0 Å². The molecule has 0 aliphatic heterocycles. The molecule has 0 nitrogen and oxygen atoms in total. The number of hydrogen-bond acceptors (Lipinski definition) is 0. The Balaban J connectivity index is 3.27. The first-order chi connectivity index (χ1) is 8.74. The van der Waals surface area contributed by atoms with Gasteiger partial charge in [0.1, 0.15) is 0 Å². The summed E-state index contributed by atoms with van der Waals surface area (Å²) in [6.45, 7) is 11.1. The normalized spacial score (nSPS) is 13.2. The van der Waals surface area contributed by atoms with E-state index in [0.717, 1.165) is 18.3 Å². The average Bonchev–Trinajstić information content (AvgIpc) is 2.39. The highest BCUT2D eigenvalue weighted by molar-refractivity contribution is 4.64. The first kappa shape index (κ1) is 18.0. The third-order valence-electron chi connectivity index (χ3n) is 4.27. The Morgan fingerprint density at radius 1 is 0.833 bits per heavy atom. The summed E-state index contributed by atoms with van der Waals surface area (Å²) in [7, 11) is 0. The summed E-state index contributed by atoms with van der Waals surface area (Å²) in [6, 6.07) is 0. The van der Waals surface area contributed by atoms with Gasteiger partial charge in [0, 0.05) is 0 Å². The topological polar surface area (TPSA) is 0 Å². The van der Waals surface area contributed by atoms with Gasteiger partial charge in [0.05, 0.1) is 0 Å². The molecule has 0 amide bonds. The van der Waals surface area contributed by atoms with Crippen LogP contribution in [0.4, 0.5) is 0 Å². The Kier molecular flexibility index (Phi) is 13.4. The highest BCUT2D eigenvalue weighted by Crippen LogP contribution is 2.22. The molecule has 0 aromatic heterocycles. The number of hydrogen-bond donors (Lipinski definition) is 0. The second-order valence-corrected chi connectivity index (χ2v) is 6.17. The fourth-order valence-corrected chi connectivity index (χ4v) is 2.80. The molecule has 2 atom stereocenters. The summed E-state index contributed by atoms with van der Waals surface area (Å²) in [4.78, 5) is 0. The minimum absolute atomic E-state index is 0.869. The predicted octanol–water partition coefficient (Wildman–Crippen LogP) is 6.79. The summed E-state index contributed by atoms with van der Waals surface area (Å²) in [5.41, 5.74) is 0. The lowest BCUT2D eigenvalue weighted by Gasteiger charge is -2.18. The molecular formula is C18H37. The third-order valence-corrected chi connectivity index (χ3v) is 4.27. The van der Waals surface area contributed by atoms with Gasteiger partial charge in [-0.2, -0.15) is 0 Å². The molecule has 109 valence electrons. The number of unbranched alkanes of at least 4 members (excludes halogenated alkanes) is 7. The Hall–Kier alpha value is 0. The summed E-state index contributed by atoms with van der Waals surface area (Å²) in [5.74, 6) is 1.78. The zero-order valence-electron chi connectivity index (χ0n) is 13.3. The zero-order chi connectivity index (χ0) is 13.6. The molecule has 0 saturated heterocycles. The van der Waals surface area contributed by atoms with Crippen LogP contribution >= 0.6 is 0 Å². The molecule has 0 bridgehead atoms. The molecule has 1 radical (unpaired) electrons. The Morgan fingerprint density at radius 2 is 1.39 bits per heavy atom. The Morgan fingerprint density at radius 3 is 1.89 bits per heavy atom. The highest BCUT2D eigenvalue weighted by atomic mass is 14.1. The number of rotatable bonds is 13. The van der Waals surface area contributed by atoms with Crippen LogP contribution in [0.1, 0.15) is 97.8 Å². The predicted molar refractivity (Wildman–Crippen MR) is 84.8 cm³/mol. The lowest BCUT2D eigenvalue weighted by Crippen LogP contribution is -2.04. The first-order valence-corrected chi connectivity index (χ1v) is 8.53. The van der Waals surface area contributed by atoms with Crippen molar-refractivity contribution in [3.05, 3.63) is 6.92 Å². The zero-order valence-corrected chi connectivity index (χ0v) is 13.3. The van der Waals surface area contributed by atoms with Crippen molar-refractivity contribution in [3.8, 4) is 0 Å². The summed E-state index contributed by atoms with van der Waals surface area (Å²) in [5, 5.41) is 0. The lowest BCUT2D eigenvalue weighted by atomic mass is 9.88. The minimum atomic E-state index is 0.869. The van der Waals surface area contributed by atoms with Crippen LogP contribution in [0.5, 0.6) is 0 Å². The van der Waals surface area contributed by atoms with E-state index in [9.17, 15) is 0 Å². The van der Waals surface area contributed by atoms with Gasteiger partial charge in [-0.05, 0) is 18.3 Å². The van der Waals surface area contributed by atoms with E-state index in [1.807, 2.05) is 0 Å². The molecule has 0 aromatic carbocycles. The van der Waals surface area contributed by atoms with Crippen LogP contribution in [0.25, 0.3) is 0 Å². The van der Waals surface area contributed by atoms with E-state index in [-0.39, 0.29) is 0 Å². The second kappa shape index (κ2) is 13.4. The standard InChI is InChI=1S/C18H37/c1-5-8-9-10-11-12-13-14-15-17(4)16-18(6-2)7-3/h17-18H,2,5-16H2,1,3-4H3. The SMILES string of the molecule is [CH2]CC(CC)CC(C)CCCCCCCCCC. The molecule has 0 aliphatic rings. The van der Waals surface area contributed by atoms with Crippen molar-refractivity contribution >= 4 is 0 Å². The van der Waals surface area contributed by atoms with Gasteiger partial charge in [-0.3, -0.25) is 0 Å². The fourth-order valence-electron chi connectivity index (χ4n) is 2.80. The quantitative estimate of drug-likeness (QED) is 0.317. The Bertz CT molecular complexity index is 146. The molecule has 0 heterocycles. The maximum atomic E-state index is 4.06. The van der Waals surface area contributed by atoms with E-state index in [1.165, 1.54) is 70.6 Å². The van der Waals surface area contributed by atoms with E-state index in [0.29, 0.717) is 0 Å². The molecular weight excluding hydrogens is 216 g/mol. The fraction of sp³-hybridized carbons (Fsp3) is 0.944. The molecule has 0 saturated carbocycles. The van der Waals surface area contributed by atoms with Gasteiger partial charge in [-0.25, -0.2) is 0 Å². The van der Waals surface area contributed by atoms with Crippen LogP contribution in [0.2, 0.25) is 0 Å². The molecule has 0 heteroatoms. The van der Waals surface area contributed by atoms with E-state index in [2.05, 4.69) is 27.7 Å². The highest BCUT2D eigenvalue weighted by Gasteiger charge is 2.09. The first-order valence-electron chi connectivity index (χ1n) is 8.53. The third kappa shape index (κ3) is 11.1. The largest absolute Gasteiger partial charge is 0.0654 e. The summed E-state index contributed by atoms with van der Waals surface area (Å²) < 4.78 is 0. The van der Waals surface area contributed by atoms with Gasteiger partial charge in [0.2, 0.25) is 0 Å². The lowest BCUT2D eigenvalue weighted by molar-refractivity contribution is 0.355. The van der Waals surface area contributed by atoms with Crippen molar-refractivity contribution in [2.24, 2.45) is 11.8 Å². The van der Waals surface area contributed by atoms with Gasteiger partial charge in [0.15, 0.2) is 0 Å². The molecule has 0 N–H and O–H groups in total. The van der Waals surface area contributed by atoms with E-state index >= 15 is 0 Å². The van der Waals surface area contributed by atoms with Crippen molar-refractivity contribution in [1.29, 1.82) is 0 Å². The summed E-state index contributed by atoms with van der Waals surface area (Å²) in [6.07, 6.45) is 16.8. The molecule has 0 spiro atoms. The van der Waals surface area contributed by atoms with Gasteiger partial charge in [-0.1, -0.05) is 98.3 Å². The molecule has 0 rings (SSSR count). The van der Waals surface area contributed by atoms with Gasteiger partial charge < -0.3 is 0 Å². The molecule has 0 aromatic rings. The van der Waals surface area contributed by atoms with Crippen LogP contribution in [0.15, 0.2) is 0 Å². The van der Waals surface area contributed by atoms with Crippen LogP contribution in [-0.4, -0.2) is 0 Å². The second-order valence-electron chi connectivity index (χ2n) is 6.17. The van der Waals surface area contributed by atoms with Crippen LogP contribution < -0.4 is 0 Å². The van der Waals surface area contributed by atoms with Crippen LogP contribution in [0, 0.1) is 18.8 Å². The summed E-state index contributed by atoms with van der Waals surface area (Å²) >= 11 is 0. The maximum absolute atomic E-state index is 4.06. The molecule has 0 aliphatic carbocycles. The maximum Gasteiger partial charge on any atom is -0.0414 e. The van der Waals surface area contributed by atoms with E-state index in [1.54, 1.807) is 0 Å². The van der Waals surface area contributed by atoms with Crippen LogP contribution in [-0.2, 0) is 0 Å². The van der Waals surface area contributed by atoms with Gasteiger partial charge in [-0.15, -0.1) is 0 Å². The molecule has 18 heavy (non-hydrogen) atoms. The van der Waals surface area contributed by atoms with Gasteiger partial charge in [0.25, 0.3) is 0 Å². The van der Waals surface area contributed by atoms with Crippen molar-refractivity contribution in [3.63, 3.8) is 0 Å². The average molecular weight is 253 g/mol. The molecule has 2 unspecified atom stereocenters. The van der Waals surface area contributed by atoms with E-state index in [4.69, 9.17) is 0 Å². The Labute approximate surface area is 117 Å².